The zero-order chi connectivity index (χ0) is 14.3. The van der Waals surface area contributed by atoms with E-state index in [4.69, 9.17) is 4.74 Å². The van der Waals surface area contributed by atoms with Crippen molar-refractivity contribution in [3.8, 4) is 0 Å². The molecule has 4 heteroatoms. The zero-order valence-electron chi connectivity index (χ0n) is 12.2. The lowest BCUT2D eigenvalue weighted by atomic mass is 10.1. The van der Waals surface area contributed by atoms with Crippen molar-refractivity contribution in [1.29, 1.82) is 0 Å². The molecule has 0 aromatic heterocycles. The number of benzene rings is 1. The van der Waals surface area contributed by atoms with Crippen molar-refractivity contribution in [3.63, 3.8) is 0 Å². The summed E-state index contributed by atoms with van der Waals surface area (Å²) in [4.78, 5) is 12.0. The third-order valence-electron chi connectivity index (χ3n) is 2.92. The fraction of sp³-hybridized carbons (Fsp3) is 0.533. The van der Waals surface area contributed by atoms with Crippen LogP contribution in [0.3, 0.4) is 0 Å². The molecule has 0 bridgehead atoms. The summed E-state index contributed by atoms with van der Waals surface area (Å²) >= 11 is 0. The summed E-state index contributed by atoms with van der Waals surface area (Å²) in [5.74, 6) is 0.283. The van der Waals surface area contributed by atoms with Gasteiger partial charge in [0.05, 0.1) is 6.61 Å². The standard InChI is InChI=1S/C15H24N2O2/c1-5-16-14-7-6-13(8-12(14)3)15(18)17-9-11(2)10-19-4/h6-8,11,16H,5,9-10H2,1-4H3,(H,17,18). The van der Waals surface area contributed by atoms with Crippen LogP contribution >= 0.6 is 0 Å². The van der Waals surface area contributed by atoms with E-state index in [1.54, 1.807) is 7.11 Å². The highest BCUT2D eigenvalue weighted by atomic mass is 16.5. The van der Waals surface area contributed by atoms with Gasteiger partial charge in [-0.3, -0.25) is 4.79 Å². The Morgan fingerprint density at radius 1 is 1.42 bits per heavy atom. The van der Waals surface area contributed by atoms with E-state index in [2.05, 4.69) is 17.6 Å². The number of carbonyl (C=O) groups excluding carboxylic acids is 1. The molecule has 1 aromatic carbocycles. The Hall–Kier alpha value is -1.55. The third-order valence-corrected chi connectivity index (χ3v) is 2.92. The monoisotopic (exact) mass is 264 g/mol. The summed E-state index contributed by atoms with van der Waals surface area (Å²) < 4.78 is 5.04. The normalized spacial score (nSPS) is 12.0. The van der Waals surface area contributed by atoms with Crippen LogP contribution in [0.5, 0.6) is 0 Å². The van der Waals surface area contributed by atoms with Gasteiger partial charge in [-0.25, -0.2) is 0 Å². The van der Waals surface area contributed by atoms with Gasteiger partial charge in [0, 0.05) is 31.5 Å². The Morgan fingerprint density at radius 3 is 2.74 bits per heavy atom. The van der Waals surface area contributed by atoms with Crippen molar-refractivity contribution in [2.45, 2.75) is 20.8 Å². The van der Waals surface area contributed by atoms with Crippen LogP contribution in [0.2, 0.25) is 0 Å². The number of amides is 1. The zero-order valence-corrected chi connectivity index (χ0v) is 12.2. The second-order valence-corrected chi connectivity index (χ2v) is 4.83. The van der Waals surface area contributed by atoms with Crippen molar-refractivity contribution >= 4 is 11.6 Å². The van der Waals surface area contributed by atoms with Gasteiger partial charge in [-0.2, -0.15) is 0 Å². The molecule has 19 heavy (non-hydrogen) atoms. The van der Waals surface area contributed by atoms with Crippen molar-refractivity contribution < 1.29 is 9.53 Å². The number of methoxy groups -OCH3 is 1. The molecule has 0 aliphatic rings. The molecule has 0 aliphatic heterocycles. The molecule has 106 valence electrons. The van der Waals surface area contributed by atoms with Gasteiger partial charge in [-0.05, 0) is 43.5 Å². The molecule has 0 spiro atoms. The van der Waals surface area contributed by atoms with Crippen LogP contribution in [0.15, 0.2) is 18.2 Å². The summed E-state index contributed by atoms with van der Waals surface area (Å²) in [6.07, 6.45) is 0. The van der Waals surface area contributed by atoms with E-state index in [0.717, 1.165) is 17.8 Å². The molecule has 1 unspecified atom stereocenters. The van der Waals surface area contributed by atoms with E-state index in [0.29, 0.717) is 24.6 Å². The summed E-state index contributed by atoms with van der Waals surface area (Å²) in [5, 5.41) is 6.18. The average Bonchev–Trinajstić information content (AvgIpc) is 2.39. The Balaban J connectivity index is 2.60. The van der Waals surface area contributed by atoms with Crippen LogP contribution in [-0.4, -0.2) is 32.7 Å². The van der Waals surface area contributed by atoms with Gasteiger partial charge in [-0.15, -0.1) is 0 Å². The van der Waals surface area contributed by atoms with Crippen LogP contribution < -0.4 is 10.6 Å². The third kappa shape index (κ3) is 4.91. The van der Waals surface area contributed by atoms with Crippen LogP contribution in [0.4, 0.5) is 5.69 Å². The first-order valence-corrected chi connectivity index (χ1v) is 6.70. The molecule has 0 saturated heterocycles. The first-order valence-electron chi connectivity index (χ1n) is 6.70. The Labute approximate surface area is 115 Å². The largest absolute Gasteiger partial charge is 0.385 e. The fourth-order valence-electron chi connectivity index (χ4n) is 1.91. The van der Waals surface area contributed by atoms with Crippen LogP contribution in [0.25, 0.3) is 0 Å². The molecular weight excluding hydrogens is 240 g/mol. The molecule has 1 atom stereocenters. The molecule has 0 fully saturated rings. The van der Waals surface area contributed by atoms with Gasteiger partial charge in [0.15, 0.2) is 0 Å². The second kappa shape index (κ2) is 7.79. The van der Waals surface area contributed by atoms with E-state index < -0.39 is 0 Å². The van der Waals surface area contributed by atoms with Crippen molar-refractivity contribution in [2.24, 2.45) is 5.92 Å². The molecule has 1 aromatic rings. The molecule has 1 amide bonds. The van der Waals surface area contributed by atoms with Gasteiger partial charge in [0.25, 0.3) is 5.91 Å². The summed E-state index contributed by atoms with van der Waals surface area (Å²) in [6, 6.07) is 5.71. The van der Waals surface area contributed by atoms with Gasteiger partial charge < -0.3 is 15.4 Å². The lowest BCUT2D eigenvalue weighted by molar-refractivity contribution is 0.0934. The van der Waals surface area contributed by atoms with Gasteiger partial charge >= 0.3 is 0 Å². The average molecular weight is 264 g/mol. The fourth-order valence-corrected chi connectivity index (χ4v) is 1.91. The lowest BCUT2D eigenvalue weighted by Crippen LogP contribution is -2.29. The van der Waals surface area contributed by atoms with Crippen LogP contribution in [-0.2, 0) is 4.74 Å². The highest BCUT2D eigenvalue weighted by Gasteiger charge is 2.09. The smallest absolute Gasteiger partial charge is 0.251 e. The van der Waals surface area contributed by atoms with Crippen LogP contribution in [0.1, 0.15) is 29.8 Å². The number of hydrogen-bond donors (Lipinski definition) is 2. The minimum atomic E-state index is -0.0332. The van der Waals surface area contributed by atoms with Crippen molar-refractivity contribution in [1.82, 2.24) is 5.32 Å². The molecule has 0 saturated carbocycles. The Kier molecular flexibility index (Phi) is 6.36. The van der Waals surface area contributed by atoms with Gasteiger partial charge in [0.1, 0.15) is 0 Å². The maximum atomic E-state index is 12.0. The number of carbonyl (C=O) groups is 1. The molecule has 0 aliphatic carbocycles. The Bertz CT molecular complexity index is 419. The SMILES string of the molecule is CCNc1ccc(C(=O)NCC(C)COC)cc1C. The number of ether oxygens (including phenoxy) is 1. The maximum absolute atomic E-state index is 12.0. The van der Waals surface area contributed by atoms with E-state index >= 15 is 0 Å². The van der Waals surface area contributed by atoms with E-state index in [-0.39, 0.29) is 5.91 Å². The van der Waals surface area contributed by atoms with E-state index in [9.17, 15) is 4.79 Å². The van der Waals surface area contributed by atoms with Crippen LogP contribution in [0, 0.1) is 12.8 Å². The number of hydrogen-bond acceptors (Lipinski definition) is 3. The van der Waals surface area contributed by atoms with E-state index in [1.165, 1.54) is 0 Å². The Morgan fingerprint density at radius 2 is 2.16 bits per heavy atom. The molecule has 4 nitrogen and oxygen atoms in total. The van der Waals surface area contributed by atoms with Crippen molar-refractivity contribution in [2.75, 3.05) is 32.1 Å². The van der Waals surface area contributed by atoms with Gasteiger partial charge in [0.2, 0.25) is 0 Å². The molecule has 0 heterocycles. The molecule has 0 radical (unpaired) electrons. The molecule has 1 rings (SSSR count). The highest BCUT2D eigenvalue weighted by Crippen LogP contribution is 2.16. The summed E-state index contributed by atoms with van der Waals surface area (Å²) in [5.41, 5.74) is 2.86. The summed E-state index contributed by atoms with van der Waals surface area (Å²) in [6.45, 7) is 8.25. The highest BCUT2D eigenvalue weighted by molar-refractivity contribution is 5.94. The predicted molar refractivity (Wildman–Crippen MR) is 78.7 cm³/mol. The molecule has 2 N–H and O–H groups in total. The number of aryl methyl sites for hydroxylation is 1. The van der Waals surface area contributed by atoms with Gasteiger partial charge in [-0.1, -0.05) is 6.92 Å². The van der Waals surface area contributed by atoms with E-state index in [1.807, 2.05) is 32.0 Å². The topological polar surface area (TPSA) is 50.4 Å². The number of anilines is 1. The minimum absolute atomic E-state index is 0.0332. The maximum Gasteiger partial charge on any atom is 0.251 e. The first kappa shape index (κ1) is 15.5. The first-order chi connectivity index (χ1) is 9.08. The number of nitrogens with one attached hydrogen (secondary N) is 2. The quantitative estimate of drug-likeness (QED) is 0.795. The lowest BCUT2D eigenvalue weighted by Gasteiger charge is -2.13. The minimum Gasteiger partial charge on any atom is -0.385 e. The summed E-state index contributed by atoms with van der Waals surface area (Å²) in [7, 11) is 1.67. The second-order valence-electron chi connectivity index (χ2n) is 4.83. The number of rotatable bonds is 7. The molecular formula is C15H24N2O2. The predicted octanol–water partition coefficient (Wildman–Crippen LogP) is 2.44. The van der Waals surface area contributed by atoms with Crippen molar-refractivity contribution in [3.05, 3.63) is 29.3 Å².